The maximum absolute atomic E-state index is 12.4. The van der Waals surface area contributed by atoms with Crippen LogP contribution in [-0.2, 0) is 27.8 Å². The van der Waals surface area contributed by atoms with E-state index >= 15 is 0 Å². The summed E-state index contributed by atoms with van der Waals surface area (Å²) < 4.78 is 7.33. The number of likely N-dealkylation sites (tertiary alicyclic amines) is 1. The fraction of sp³-hybridized carbons (Fsp3) is 0.667. The van der Waals surface area contributed by atoms with Crippen molar-refractivity contribution in [3.8, 4) is 0 Å². The molecule has 3 heterocycles. The van der Waals surface area contributed by atoms with Gasteiger partial charge in [-0.1, -0.05) is 0 Å². The van der Waals surface area contributed by atoms with E-state index in [0.29, 0.717) is 25.9 Å². The van der Waals surface area contributed by atoms with E-state index in [4.69, 9.17) is 4.74 Å². The first-order chi connectivity index (χ1) is 10.5. The van der Waals surface area contributed by atoms with Gasteiger partial charge in [-0.3, -0.25) is 14.3 Å². The predicted molar refractivity (Wildman–Crippen MR) is 79.0 cm³/mol. The summed E-state index contributed by atoms with van der Waals surface area (Å²) in [6.07, 6.45) is 5.75. The molecule has 1 aromatic rings. The van der Waals surface area contributed by atoms with E-state index in [9.17, 15) is 9.59 Å². The Bertz CT molecular complexity index is 571. The van der Waals surface area contributed by atoms with Gasteiger partial charge in [0.15, 0.2) is 0 Å². The summed E-state index contributed by atoms with van der Waals surface area (Å²) in [5.74, 6) is 0.125. The van der Waals surface area contributed by atoms with Crippen molar-refractivity contribution in [3.05, 3.63) is 18.0 Å². The van der Waals surface area contributed by atoms with Crippen molar-refractivity contribution in [3.63, 3.8) is 0 Å². The third-order valence-electron chi connectivity index (χ3n) is 4.57. The molecule has 2 aliphatic rings. The summed E-state index contributed by atoms with van der Waals surface area (Å²) in [6, 6.07) is -0.0164. The first kappa shape index (κ1) is 15.0. The number of aryl methyl sites for hydroxylation is 2. The molecule has 0 saturated carbocycles. The molecule has 2 aliphatic heterocycles. The molecule has 2 atom stereocenters. The molecular formula is C15H22N4O3. The lowest BCUT2D eigenvalue weighted by Crippen LogP contribution is -2.61. The summed E-state index contributed by atoms with van der Waals surface area (Å²) >= 11 is 0. The summed E-state index contributed by atoms with van der Waals surface area (Å²) in [5, 5.41) is 4.11. The quantitative estimate of drug-likeness (QED) is 0.776. The number of carbonyl (C=O) groups excluding carboxylic acids is 2. The number of likely N-dealkylation sites (N-methyl/N-ethyl adjacent to an activating group) is 1. The molecule has 7 heteroatoms. The molecule has 0 radical (unpaired) electrons. The fourth-order valence-corrected chi connectivity index (χ4v) is 3.18. The van der Waals surface area contributed by atoms with Crippen LogP contribution >= 0.6 is 0 Å². The van der Waals surface area contributed by atoms with Crippen molar-refractivity contribution in [1.29, 1.82) is 0 Å². The Hall–Kier alpha value is -1.89. The molecule has 3 rings (SSSR count). The molecule has 0 aromatic carbocycles. The van der Waals surface area contributed by atoms with Crippen molar-refractivity contribution < 1.29 is 14.3 Å². The topological polar surface area (TPSA) is 67.7 Å². The molecule has 22 heavy (non-hydrogen) atoms. The van der Waals surface area contributed by atoms with Gasteiger partial charge in [0.1, 0.15) is 6.61 Å². The molecule has 1 aromatic heterocycles. The maximum atomic E-state index is 12.4. The highest BCUT2D eigenvalue weighted by atomic mass is 16.5. The van der Waals surface area contributed by atoms with E-state index in [1.54, 1.807) is 22.8 Å². The second kappa shape index (κ2) is 6.08. The van der Waals surface area contributed by atoms with Gasteiger partial charge in [0, 0.05) is 39.8 Å². The van der Waals surface area contributed by atoms with Gasteiger partial charge >= 0.3 is 0 Å². The molecule has 2 amide bonds. The van der Waals surface area contributed by atoms with Crippen LogP contribution in [0.15, 0.2) is 12.4 Å². The van der Waals surface area contributed by atoms with E-state index in [1.807, 2.05) is 18.1 Å². The number of carbonyl (C=O) groups is 2. The third-order valence-corrected chi connectivity index (χ3v) is 4.57. The number of amides is 2. The zero-order chi connectivity index (χ0) is 15.7. The van der Waals surface area contributed by atoms with Gasteiger partial charge in [-0.25, -0.2) is 0 Å². The summed E-state index contributed by atoms with van der Waals surface area (Å²) in [5.41, 5.74) is 1.07. The number of hydrogen-bond donors (Lipinski definition) is 0. The highest BCUT2D eigenvalue weighted by Crippen LogP contribution is 2.23. The molecule has 0 bridgehead atoms. The smallest absolute Gasteiger partial charge is 0.248 e. The van der Waals surface area contributed by atoms with Crippen LogP contribution in [0.4, 0.5) is 0 Å². The molecular weight excluding hydrogens is 284 g/mol. The van der Waals surface area contributed by atoms with Crippen LogP contribution in [0.1, 0.15) is 18.4 Å². The Kier molecular flexibility index (Phi) is 4.15. The van der Waals surface area contributed by atoms with Crippen LogP contribution in [0, 0.1) is 0 Å². The highest BCUT2D eigenvalue weighted by Gasteiger charge is 2.39. The first-order valence-electron chi connectivity index (χ1n) is 7.67. The van der Waals surface area contributed by atoms with E-state index in [1.165, 1.54) is 0 Å². The largest absolute Gasteiger partial charge is 0.366 e. The van der Waals surface area contributed by atoms with Crippen molar-refractivity contribution >= 4 is 11.8 Å². The van der Waals surface area contributed by atoms with E-state index in [2.05, 4.69) is 5.10 Å². The van der Waals surface area contributed by atoms with Crippen LogP contribution in [0.2, 0.25) is 0 Å². The average molecular weight is 306 g/mol. The maximum Gasteiger partial charge on any atom is 0.248 e. The zero-order valence-corrected chi connectivity index (χ0v) is 13.1. The number of hydrogen-bond acceptors (Lipinski definition) is 4. The number of rotatable bonds is 3. The Morgan fingerprint density at radius 1 is 1.45 bits per heavy atom. The minimum Gasteiger partial charge on any atom is -0.366 e. The van der Waals surface area contributed by atoms with Gasteiger partial charge in [-0.05, 0) is 18.4 Å². The Morgan fingerprint density at radius 3 is 3.00 bits per heavy atom. The lowest BCUT2D eigenvalue weighted by atomic mass is 9.98. The van der Waals surface area contributed by atoms with Crippen molar-refractivity contribution in [1.82, 2.24) is 19.6 Å². The third kappa shape index (κ3) is 2.99. The Balaban J connectivity index is 1.56. The number of ether oxygens (including phenoxy) is 1. The first-order valence-corrected chi connectivity index (χ1v) is 7.67. The second-order valence-corrected chi connectivity index (χ2v) is 6.07. The molecule has 0 unspecified atom stereocenters. The SMILES string of the molecule is CN1C(=O)CO[C@@H]2CCN(C(=O)CCc3cnn(C)c3)C[C@@H]21. The van der Waals surface area contributed by atoms with E-state index in [-0.39, 0.29) is 30.6 Å². The summed E-state index contributed by atoms with van der Waals surface area (Å²) in [6.45, 7) is 1.43. The Morgan fingerprint density at radius 2 is 2.27 bits per heavy atom. The number of nitrogens with zero attached hydrogens (tertiary/aromatic N) is 4. The van der Waals surface area contributed by atoms with Crippen LogP contribution in [0.5, 0.6) is 0 Å². The molecule has 2 saturated heterocycles. The van der Waals surface area contributed by atoms with Gasteiger partial charge in [0.05, 0.1) is 18.3 Å². The lowest BCUT2D eigenvalue weighted by Gasteiger charge is -2.45. The van der Waals surface area contributed by atoms with Gasteiger partial charge in [-0.2, -0.15) is 5.10 Å². The number of morpholine rings is 1. The van der Waals surface area contributed by atoms with Gasteiger partial charge in [-0.15, -0.1) is 0 Å². The standard InChI is InChI=1S/C15H22N4O3/c1-17-8-11(7-16-17)3-4-14(20)19-6-5-13-12(9-19)18(2)15(21)10-22-13/h7-8,12-13H,3-6,9-10H2,1-2H3/t12-,13+/m0/s1. The Labute approximate surface area is 129 Å². The van der Waals surface area contributed by atoms with Crippen LogP contribution < -0.4 is 0 Å². The van der Waals surface area contributed by atoms with Crippen molar-refractivity contribution in [2.45, 2.75) is 31.4 Å². The van der Waals surface area contributed by atoms with Gasteiger partial charge < -0.3 is 14.5 Å². The molecule has 2 fully saturated rings. The average Bonchev–Trinajstić information content (AvgIpc) is 2.94. The van der Waals surface area contributed by atoms with Crippen LogP contribution in [-0.4, -0.2) is 70.3 Å². The van der Waals surface area contributed by atoms with E-state index < -0.39 is 0 Å². The van der Waals surface area contributed by atoms with Crippen molar-refractivity contribution in [2.75, 3.05) is 26.7 Å². The van der Waals surface area contributed by atoms with E-state index in [0.717, 1.165) is 12.0 Å². The molecule has 120 valence electrons. The number of aromatic nitrogens is 2. The zero-order valence-electron chi connectivity index (χ0n) is 13.1. The molecule has 0 N–H and O–H groups in total. The molecule has 0 aliphatic carbocycles. The van der Waals surface area contributed by atoms with Crippen LogP contribution in [0.3, 0.4) is 0 Å². The minimum absolute atomic E-state index is 0.00842. The van der Waals surface area contributed by atoms with Gasteiger partial charge in [0.2, 0.25) is 11.8 Å². The number of fused-ring (bicyclic) bond motifs is 1. The normalized spacial score (nSPS) is 25.3. The fourth-order valence-electron chi connectivity index (χ4n) is 3.18. The van der Waals surface area contributed by atoms with Crippen molar-refractivity contribution in [2.24, 2.45) is 7.05 Å². The number of piperidine rings is 1. The van der Waals surface area contributed by atoms with Crippen LogP contribution in [0.25, 0.3) is 0 Å². The summed E-state index contributed by atoms with van der Waals surface area (Å²) in [4.78, 5) is 27.7. The molecule has 7 nitrogen and oxygen atoms in total. The second-order valence-electron chi connectivity index (χ2n) is 6.07. The summed E-state index contributed by atoms with van der Waals surface area (Å²) in [7, 11) is 3.66. The predicted octanol–water partition coefficient (Wildman–Crippen LogP) is -0.189. The minimum atomic E-state index is -0.0164. The molecule has 0 spiro atoms. The van der Waals surface area contributed by atoms with Gasteiger partial charge in [0.25, 0.3) is 0 Å². The highest BCUT2D eigenvalue weighted by molar-refractivity contribution is 5.79. The monoisotopic (exact) mass is 306 g/mol. The lowest BCUT2D eigenvalue weighted by molar-refractivity contribution is -0.163.